The van der Waals surface area contributed by atoms with E-state index >= 15 is 0 Å². The second-order valence-corrected chi connectivity index (χ2v) is 8.42. The second kappa shape index (κ2) is 10.0. The molecule has 10 nitrogen and oxygen atoms in total. The highest BCUT2D eigenvalue weighted by Gasteiger charge is 2.20. The van der Waals surface area contributed by atoms with E-state index in [1.54, 1.807) is 17.1 Å². The maximum atomic E-state index is 12.6. The van der Waals surface area contributed by atoms with Crippen LogP contribution in [0.3, 0.4) is 0 Å². The zero-order chi connectivity index (χ0) is 23.4. The zero-order valence-electron chi connectivity index (χ0n) is 19.7. The Hall–Kier alpha value is -3.40. The van der Waals surface area contributed by atoms with Crippen LogP contribution in [0.1, 0.15) is 28.3 Å². The number of hydrogen-bond donors (Lipinski definition) is 1. The highest BCUT2D eigenvalue weighted by atomic mass is 16.1. The van der Waals surface area contributed by atoms with Gasteiger partial charge in [-0.1, -0.05) is 0 Å². The summed E-state index contributed by atoms with van der Waals surface area (Å²) < 4.78 is 1.73. The van der Waals surface area contributed by atoms with Gasteiger partial charge in [-0.05, 0) is 39.8 Å². The molecule has 4 rings (SSSR count). The molecule has 0 unspecified atom stereocenters. The van der Waals surface area contributed by atoms with Crippen molar-refractivity contribution >= 4 is 11.9 Å². The lowest BCUT2D eigenvalue weighted by molar-refractivity contribution is -0.120. The van der Waals surface area contributed by atoms with E-state index < -0.39 is 0 Å². The number of rotatable bonds is 7. The van der Waals surface area contributed by atoms with E-state index in [9.17, 15) is 4.79 Å². The Labute approximate surface area is 194 Å². The molecule has 0 radical (unpaired) electrons. The number of hydrogen-bond acceptors (Lipinski definition) is 8. The standard InChI is InChI=1S/C23H31N9O/c1-16-14-17(2)28-23(27-16)32-19(4)20(18(3)29-32)15-21(33)24-8-9-30-10-12-31(13-11-30)22-25-6-5-7-26-22/h5-7,14H,8-13,15H2,1-4H3,(H,24,33). The summed E-state index contributed by atoms with van der Waals surface area (Å²) in [6.45, 7) is 12.8. The molecule has 3 aromatic heterocycles. The number of carbonyl (C=O) groups excluding carboxylic acids is 1. The molecule has 0 spiro atoms. The fourth-order valence-electron chi connectivity index (χ4n) is 4.13. The van der Waals surface area contributed by atoms with Gasteiger partial charge in [-0.3, -0.25) is 9.69 Å². The zero-order valence-corrected chi connectivity index (χ0v) is 19.7. The SMILES string of the molecule is Cc1cc(C)nc(-n2nc(C)c(CC(=O)NCCN3CCN(c4ncccn4)CC3)c2C)n1. The Kier molecular flexibility index (Phi) is 6.93. The molecule has 10 heteroatoms. The maximum Gasteiger partial charge on any atom is 0.251 e. The number of amides is 1. The summed E-state index contributed by atoms with van der Waals surface area (Å²) in [5.74, 6) is 1.32. The predicted molar refractivity (Wildman–Crippen MR) is 126 cm³/mol. The van der Waals surface area contributed by atoms with E-state index in [1.807, 2.05) is 39.8 Å². The number of anilines is 1. The van der Waals surface area contributed by atoms with Gasteiger partial charge in [-0.2, -0.15) is 5.10 Å². The number of carbonyl (C=O) groups is 1. The van der Waals surface area contributed by atoms with Crippen molar-refractivity contribution in [1.29, 1.82) is 0 Å². The van der Waals surface area contributed by atoms with Crippen LogP contribution in [0.25, 0.3) is 5.95 Å². The molecule has 3 aromatic rings. The summed E-state index contributed by atoms with van der Waals surface area (Å²) in [5.41, 5.74) is 4.42. The molecule has 1 N–H and O–H groups in total. The van der Waals surface area contributed by atoms with Crippen molar-refractivity contribution in [2.24, 2.45) is 0 Å². The normalized spacial score (nSPS) is 14.5. The topological polar surface area (TPSA) is 105 Å². The first-order valence-electron chi connectivity index (χ1n) is 11.3. The number of piperazine rings is 1. The molecule has 1 aliphatic heterocycles. The van der Waals surface area contributed by atoms with Gasteiger partial charge in [0.05, 0.1) is 12.1 Å². The van der Waals surface area contributed by atoms with Gasteiger partial charge >= 0.3 is 0 Å². The lowest BCUT2D eigenvalue weighted by Gasteiger charge is -2.34. The predicted octanol–water partition coefficient (Wildman–Crippen LogP) is 1.17. The van der Waals surface area contributed by atoms with E-state index in [0.29, 0.717) is 18.9 Å². The van der Waals surface area contributed by atoms with E-state index in [1.165, 1.54) is 0 Å². The average Bonchev–Trinajstić information content (AvgIpc) is 3.08. The van der Waals surface area contributed by atoms with Gasteiger partial charge in [0.15, 0.2) is 0 Å². The lowest BCUT2D eigenvalue weighted by atomic mass is 10.1. The molecule has 0 bridgehead atoms. The van der Waals surface area contributed by atoms with Gasteiger partial charge in [0.25, 0.3) is 5.95 Å². The Morgan fingerprint density at radius 1 is 0.970 bits per heavy atom. The summed E-state index contributed by atoms with van der Waals surface area (Å²) in [6.07, 6.45) is 3.83. The smallest absolute Gasteiger partial charge is 0.251 e. The molecule has 0 atom stereocenters. The van der Waals surface area contributed by atoms with E-state index in [0.717, 1.165) is 67.0 Å². The van der Waals surface area contributed by atoms with E-state index in [4.69, 9.17) is 0 Å². The largest absolute Gasteiger partial charge is 0.355 e. The van der Waals surface area contributed by atoms with Gasteiger partial charge < -0.3 is 10.2 Å². The summed E-state index contributed by atoms with van der Waals surface area (Å²) in [6, 6.07) is 3.76. The van der Waals surface area contributed by atoms with Crippen LogP contribution in [0.15, 0.2) is 24.5 Å². The molecule has 0 aliphatic carbocycles. The molecule has 0 aromatic carbocycles. The third kappa shape index (κ3) is 5.51. The van der Waals surface area contributed by atoms with Gasteiger partial charge in [0, 0.05) is 74.3 Å². The minimum Gasteiger partial charge on any atom is -0.355 e. The second-order valence-electron chi connectivity index (χ2n) is 8.42. The molecule has 4 heterocycles. The molecule has 1 amide bonds. The van der Waals surface area contributed by atoms with Gasteiger partial charge in [-0.25, -0.2) is 24.6 Å². The number of nitrogens with zero attached hydrogens (tertiary/aromatic N) is 8. The van der Waals surface area contributed by atoms with Crippen molar-refractivity contribution in [2.75, 3.05) is 44.2 Å². The van der Waals surface area contributed by atoms with Crippen LogP contribution >= 0.6 is 0 Å². The Morgan fingerprint density at radius 3 is 2.30 bits per heavy atom. The van der Waals surface area contributed by atoms with Crippen LogP contribution in [-0.4, -0.2) is 79.8 Å². The molecule has 0 saturated carbocycles. The van der Waals surface area contributed by atoms with Crippen LogP contribution in [0, 0.1) is 27.7 Å². The maximum absolute atomic E-state index is 12.6. The molecular formula is C23H31N9O. The number of aryl methyl sites for hydroxylation is 3. The molecule has 1 fully saturated rings. The van der Waals surface area contributed by atoms with Crippen LogP contribution < -0.4 is 10.2 Å². The highest BCUT2D eigenvalue weighted by molar-refractivity contribution is 5.79. The van der Waals surface area contributed by atoms with Crippen molar-refractivity contribution in [3.8, 4) is 5.95 Å². The summed E-state index contributed by atoms with van der Waals surface area (Å²) in [5, 5.41) is 7.65. The monoisotopic (exact) mass is 449 g/mol. The summed E-state index contributed by atoms with van der Waals surface area (Å²) in [4.78, 5) is 34.8. The van der Waals surface area contributed by atoms with Crippen LogP contribution in [0.5, 0.6) is 0 Å². The average molecular weight is 450 g/mol. The molecule has 1 aliphatic rings. The van der Waals surface area contributed by atoms with Crippen molar-refractivity contribution in [2.45, 2.75) is 34.1 Å². The van der Waals surface area contributed by atoms with Crippen LogP contribution in [0.4, 0.5) is 5.95 Å². The first kappa shape index (κ1) is 22.8. The van der Waals surface area contributed by atoms with Crippen LogP contribution in [0.2, 0.25) is 0 Å². The molecule has 174 valence electrons. The van der Waals surface area contributed by atoms with E-state index in [2.05, 4.69) is 40.2 Å². The third-order valence-corrected chi connectivity index (χ3v) is 5.90. The quantitative estimate of drug-likeness (QED) is 0.573. The minimum atomic E-state index is -0.00147. The summed E-state index contributed by atoms with van der Waals surface area (Å²) >= 11 is 0. The lowest BCUT2D eigenvalue weighted by Crippen LogP contribution is -2.49. The molecule has 33 heavy (non-hydrogen) atoms. The molecular weight excluding hydrogens is 418 g/mol. The van der Waals surface area contributed by atoms with Gasteiger partial charge in [0.1, 0.15) is 0 Å². The Balaban J connectivity index is 1.27. The van der Waals surface area contributed by atoms with E-state index in [-0.39, 0.29) is 5.91 Å². The molecule has 1 saturated heterocycles. The Bertz CT molecular complexity index is 1080. The summed E-state index contributed by atoms with van der Waals surface area (Å²) in [7, 11) is 0. The van der Waals surface area contributed by atoms with Crippen molar-refractivity contribution in [3.63, 3.8) is 0 Å². The van der Waals surface area contributed by atoms with Crippen molar-refractivity contribution < 1.29 is 4.79 Å². The Morgan fingerprint density at radius 2 is 1.64 bits per heavy atom. The van der Waals surface area contributed by atoms with Gasteiger partial charge in [0.2, 0.25) is 11.9 Å². The van der Waals surface area contributed by atoms with Crippen molar-refractivity contribution in [3.05, 3.63) is 52.9 Å². The first-order valence-corrected chi connectivity index (χ1v) is 11.3. The van der Waals surface area contributed by atoms with Crippen molar-refractivity contribution in [1.82, 2.24) is 39.9 Å². The number of aromatic nitrogens is 6. The fraction of sp³-hybridized carbons (Fsp3) is 0.478. The van der Waals surface area contributed by atoms with Crippen LogP contribution in [-0.2, 0) is 11.2 Å². The fourth-order valence-corrected chi connectivity index (χ4v) is 4.13. The van der Waals surface area contributed by atoms with Gasteiger partial charge in [-0.15, -0.1) is 0 Å². The third-order valence-electron chi connectivity index (χ3n) is 5.90. The first-order chi connectivity index (χ1) is 15.9. The highest BCUT2D eigenvalue weighted by Crippen LogP contribution is 2.17. The minimum absolute atomic E-state index is 0.00147. The number of nitrogens with one attached hydrogen (secondary N) is 1.